The molecule has 1 heterocycles. The van der Waals surface area contributed by atoms with E-state index in [0.29, 0.717) is 18.7 Å². The fourth-order valence-electron chi connectivity index (χ4n) is 0.948. The van der Waals surface area contributed by atoms with Crippen LogP contribution < -0.4 is 11.1 Å². The Hall–Kier alpha value is -1.36. The van der Waals surface area contributed by atoms with E-state index in [9.17, 15) is 4.79 Å². The number of amides is 1. The second-order valence-electron chi connectivity index (χ2n) is 2.74. The maximum atomic E-state index is 11.3. The van der Waals surface area contributed by atoms with Crippen LogP contribution in [0.2, 0.25) is 0 Å². The van der Waals surface area contributed by atoms with Crippen LogP contribution in [0.15, 0.2) is 12.4 Å². The molecule has 0 radical (unpaired) electrons. The second-order valence-corrected chi connectivity index (χ2v) is 2.74. The predicted octanol–water partition coefficient (Wildman–Crippen LogP) is -0.122. The molecule has 1 aromatic rings. The third-order valence-corrected chi connectivity index (χ3v) is 1.68. The SMILES string of the molecule is NCCCCNC(=O)c1cn[nH]c1. The first-order valence-electron chi connectivity index (χ1n) is 4.31. The van der Waals surface area contributed by atoms with Crippen molar-refractivity contribution in [3.05, 3.63) is 18.0 Å². The van der Waals surface area contributed by atoms with Gasteiger partial charge in [-0.2, -0.15) is 5.10 Å². The fourth-order valence-corrected chi connectivity index (χ4v) is 0.948. The Balaban J connectivity index is 2.19. The first kappa shape index (κ1) is 9.73. The van der Waals surface area contributed by atoms with E-state index in [2.05, 4.69) is 15.5 Å². The van der Waals surface area contributed by atoms with Gasteiger partial charge in [0.15, 0.2) is 0 Å². The standard InChI is InChI=1S/C8H14N4O/c9-3-1-2-4-10-8(13)7-5-11-12-6-7/h5-6H,1-4,9H2,(H,10,13)(H,11,12). The molecule has 0 saturated heterocycles. The van der Waals surface area contributed by atoms with Crippen molar-refractivity contribution in [1.29, 1.82) is 0 Å². The number of aromatic amines is 1. The quantitative estimate of drug-likeness (QED) is 0.555. The molecule has 0 aliphatic rings. The van der Waals surface area contributed by atoms with Gasteiger partial charge in [-0.3, -0.25) is 9.89 Å². The molecule has 5 heteroatoms. The minimum Gasteiger partial charge on any atom is -0.352 e. The van der Waals surface area contributed by atoms with E-state index < -0.39 is 0 Å². The Morgan fingerprint density at radius 3 is 3.08 bits per heavy atom. The lowest BCUT2D eigenvalue weighted by molar-refractivity contribution is 0.0953. The molecule has 0 unspecified atom stereocenters. The minimum absolute atomic E-state index is 0.0919. The molecule has 1 aromatic heterocycles. The zero-order valence-electron chi connectivity index (χ0n) is 7.42. The Morgan fingerprint density at radius 1 is 1.62 bits per heavy atom. The molecular formula is C8H14N4O. The normalized spacial score (nSPS) is 9.92. The summed E-state index contributed by atoms with van der Waals surface area (Å²) in [6.07, 6.45) is 4.92. The highest BCUT2D eigenvalue weighted by Crippen LogP contribution is 1.93. The molecule has 1 rings (SSSR count). The van der Waals surface area contributed by atoms with Crippen LogP contribution in [0.5, 0.6) is 0 Å². The molecule has 0 aliphatic carbocycles. The number of hydrogen-bond donors (Lipinski definition) is 3. The first-order valence-corrected chi connectivity index (χ1v) is 4.31. The summed E-state index contributed by atoms with van der Waals surface area (Å²) in [5.41, 5.74) is 5.88. The largest absolute Gasteiger partial charge is 0.352 e. The number of nitrogens with one attached hydrogen (secondary N) is 2. The maximum Gasteiger partial charge on any atom is 0.254 e. The molecular weight excluding hydrogens is 168 g/mol. The number of hydrogen-bond acceptors (Lipinski definition) is 3. The van der Waals surface area contributed by atoms with Crippen LogP contribution in [0.4, 0.5) is 0 Å². The van der Waals surface area contributed by atoms with Gasteiger partial charge in [0.1, 0.15) is 0 Å². The van der Waals surface area contributed by atoms with E-state index in [1.165, 1.54) is 6.20 Å². The highest BCUT2D eigenvalue weighted by molar-refractivity contribution is 5.93. The van der Waals surface area contributed by atoms with Crippen molar-refractivity contribution in [2.75, 3.05) is 13.1 Å². The molecule has 5 nitrogen and oxygen atoms in total. The Kier molecular flexibility index (Phi) is 3.98. The van der Waals surface area contributed by atoms with E-state index in [4.69, 9.17) is 5.73 Å². The highest BCUT2D eigenvalue weighted by atomic mass is 16.1. The molecule has 0 atom stereocenters. The smallest absolute Gasteiger partial charge is 0.254 e. The topological polar surface area (TPSA) is 83.8 Å². The van der Waals surface area contributed by atoms with Crippen molar-refractivity contribution < 1.29 is 4.79 Å². The van der Waals surface area contributed by atoms with Gasteiger partial charge in [0, 0.05) is 12.7 Å². The zero-order valence-corrected chi connectivity index (χ0v) is 7.42. The van der Waals surface area contributed by atoms with Crippen molar-refractivity contribution >= 4 is 5.91 Å². The maximum absolute atomic E-state index is 11.3. The molecule has 4 N–H and O–H groups in total. The number of nitrogens with two attached hydrogens (primary N) is 1. The van der Waals surface area contributed by atoms with E-state index in [0.717, 1.165) is 12.8 Å². The van der Waals surface area contributed by atoms with Crippen LogP contribution in [0, 0.1) is 0 Å². The van der Waals surface area contributed by atoms with E-state index in [1.54, 1.807) is 6.20 Å². The van der Waals surface area contributed by atoms with Gasteiger partial charge in [0.05, 0.1) is 11.8 Å². The van der Waals surface area contributed by atoms with Crippen LogP contribution in [-0.4, -0.2) is 29.2 Å². The molecule has 1 amide bonds. The summed E-state index contributed by atoms with van der Waals surface area (Å²) in [5.74, 6) is -0.0919. The van der Waals surface area contributed by atoms with Gasteiger partial charge in [-0.1, -0.05) is 0 Å². The van der Waals surface area contributed by atoms with Gasteiger partial charge < -0.3 is 11.1 Å². The van der Waals surface area contributed by atoms with Crippen molar-refractivity contribution in [2.24, 2.45) is 5.73 Å². The van der Waals surface area contributed by atoms with Crippen molar-refractivity contribution in [3.8, 4) is 0 Å². The number of aromatic nitrogens is 2. The number of unbranched alkanes of at least 4 members (excludes halogenated alkanes) is 1. The van der Waals surface area contributed by atoms with Gasteiger partial charge >= 0.3 is 0 Å². The summed E-state index contributed by atoms with van der Waals surface area (Å²) in [6.45, 7) is 1.34. The summed E-state index contributed by atoms with van der Waals surface area (Å²) in [5, 5.41) is 9.03. The summed E-state index contributed by atoms with van der Waals surface area (Å²) in [7, 11) is 0. The number of carbonyl (C=O) groups is 1. The highest BCUT2D eigenvalue weighted by Gasteiger charge is 2.03. The summed E-state index contributed by atoms with van der Waals surface area (Å²) in [6, 6.07) is 0. The van der Waals surface area contributed by atoms with E-state index in [-0.39, 0.29) is 5.91 Å². The summed E-state index contributed by atoms with van der Waals surface area (Å²) >= 11 is 0. The Labute approximate surface area is 76.7 Å². The van der Waals surface area contributed by atoms with Crippen molar-refractivity contribution in [2.45, 2.75) is 12.8 Å². The number of H-pyrrole nitrogens is 1. The molecule has 72 valence electrons. The van der Waals surface area contributed by atoms with E-state index in [1.807, 2.05) is 0 Å². The molecule has 13 heavy (non-hydrogen) atoms. The lowest BCUT2D eigenvalue weighted by Gasteiger charge is -2.01. The van der Waals surface area contributed by atoms with Crippen LogP contribution in [-0.2, 0) is 0 Å². The van der Waals surface area contributed by atoms with Crippen LogP contribution in [0.1, 0.15) is 23.2 Å². The molecule has 0 aromatic carbocycles. The van der Waals surface area contributed by atoms with Gasteiger partial charge in [-0.25, -0.2) is 0 Å². The van der Waals surface area contributed by atoms with Crippen LogP contribution >= 0.6 is 0 Å². The number of carbonyl (C=O) groups excluding carboxylic acids is 1. The second kappa shape index (κ2) is 5.31. The Bertz CT molecular complexity index is 245. The van der Waals surface area contributed by atoms with Gasteiger partial charge in [0.25, 0.3) is 5.91 Å². The first-order chi connectivity index (χ1) is 6.34. The molecule has 0 fully saturated rings. The van der Waals surface area contributed by atoms with Crippen molar-refractivity contribution in [3.63, 3.8) is 0 Å². The van der Waals surface area contributed by atoms with Crippen LogP contribution in [0.25, 0.3) is 0 Å². The summed E-state index contributed by atoms with van der Waals surface area (Å²) in [4.78, 5) is 11.3. The summed E-state index contributed by atoms with van der Waals surface area (Å²) < 4.78 is 0. The van der Waals surface area contributed by atoms with Gasteiger partial charge in [-0.15, -0.1) is 0 Å². The average Bonchev–Trinajstić information content (AvgIpc) is 2.65. The third kappa shape index (κ3) is 3.25. The van der Waals surface area contributed by atoms with Crippen molar-refractivity contribution in [1.82, 2.24) is 15.5 Å². The zero-order chi connectivity index (χ0) is 9.52. The molecule has 0 spiro atoms. The molecule has 0 aliphatic heterocycles. The molecule has 0 saturated carbocycles. The molecule has 0 bridgehead atoms. The van der Waals surface area contributed by atoms with E-state index >= 15 is 0 Å². The lowest BCUT2D eigenvalue weighted by atomic mass is 10.3. The fraction of sp³-hybridized carbons (Fsp3) is 0.500. The number of rotatable bonds is 5. The number of nitrogens with zero attached hydrogens (tertiary/aromatic N) is 1. The minimum atomic E-state index is -0.0919. The Morgan fingerprint density at radius 2 is 2.46 bits per heavy atom. The third-order valence-electron chi connectivity index (χ3n) is 1.68. The lowest BCUT2D eigenvalue weighted by Crippen LogP contribution is -2.24. The van der Waals surface area contributed by atoms with Gasteiger partial charge in [0.2, 0.25) is 0 Å². The van der Waals surface area contributed by atoms with Crippen LogP contribution in [0.3, 0.4) is 0 Å². The van der Waals surface area contributed by atoms with Gasteiger partial charge in [-0.05, 0) is 19.4 Å². The monoisotopic (exact) mass is 182 g/mol. The predicted molar refractivity (Wildman–Crippen MR) is 49.2 cm³/mol. The average molecular weight is 182 g/mol.